The third-order valence-corrected chi connectivity index (χ3v) is 7.93. The molecule has 1 aromatic heterocycles. The molecule has 1 fully saturated rings. The fraction of sp³-hybridized carbons (Fsp3) is 0.261. The van der Waals surface area contributed by atoms with Gasteiger partial charge < -0.3 is 4.90 Å². The fourth-order valence-corrected chi connectivity index (χ4v) is 6.23. The number of anilines is 1. The van der Waals surface area contributed by atoms with Gasteiger partial charge in [-0.15, -0.1) is 11.3 Å². The average molecular weight is 441 g/mol. The molecular formula is C23H24N2O3S2. The second-order valence-electron chi connectivity index (χ2n) is 7.56. The van der Waals surface area contributed by atoms with Crippen LogP contribution in [0.5, 0.6) is 0 Å². The maximum absolute atomic E-state index is 13.1. The fourth-order valence-electron chi connectivity index (χ4n) is 3.78. The number of carbonyl (C=O) groups excluding carboxylic acids is 1. The first-order valence-electron chi connectivity index (χ1n) is 9.95. The number of nitrogens with zero attached hydrogens (tertiary/aromatic N) is 1. The number of nitrogens with one attached hydrogen (secondary N) is 1. The van der Waals surface area contributed by atoms with Gasteiger partial charge in [-0.3, -0.25) is 9.52 Å². The standard InChI is InChI=1S/C23H24N2O3S2/c1-17-7-9-20(10-8-17)24-30(27,28)21-13-16-29-22(21)23(26)25-14-11-19(12-15-25)18-5-3-2-4-6-18/h2-10,13,16,19,24H,11-12,14-15H2,1H3. The smallest absolute Gasteiger partial charge is 0.265 e. The van der Waals surface area contributed by atoms with Crippen molar-refractivity contribution < 1.29 is 13.2 Å². The van der Waals surface area contributed by atoms with Crippen molar-refractivity contribution in [3.05, 3.63) is 82.0 Å². The highest BCUT2D eigenvalue weighted by Crippen LogP contribution is 2.31. The van der Waals surface area contributed by atoms with Gasteiger partial charge in [0.25, 0.3) is 15.9 Å². The molecule has 0 saturated carbocycles. The molecule has 1 amide bonds. The van der Waals surface area contributed by atoms with Crippen molar-refractivity contribution in [3.8, 4) is 0 Å². The zero-order chi connectivity index (χ0) is 21.1. The van der Waals surface area contributed by atoms with Crippen LogP contribution in [0.15, 0.2) is 70.9 Å². The van der Waals surface area contributed by atoms with Crippen molar-refractivity contribution in [2.75, 3.05) is 17.8 Å². The van der Waals surface area contributed by atoms with Gasteiger partial charge in [-0.25, -0.2) is 8.42 Å². The normalized spacial score (nSPS) is 15.2. The molecule has 2 heterocycles. The minimum Gasteiger partial charge on any atom is -0.338 e. The van der Waals surface area contributed by atoms with Gasteiger partial charge in [0, 0.05) is 18.8 Å². The molecule has 0 aliphatic carbocycles. The molecule has 7 heteroatoms. The molecule has 0 atom stereocenters. The van der Waals surface area contributed by atoms with E-state index in [9.17, 15) is 13.2 Å². The van der Waals surface area contributed by atoms with E-state index >= 15 is 0 Å². The predicted molar refractivity (Wildman–Crippen MR) is 121 cm³/mol. The summed E-state index contributed by atoms with van der Waals surface area (Å²) in [7, 11) is -3.84. The Balaban J connectivity index is 1.47. The minimum absolute atomic E-state index is 0.0447. The van der Waals surface area contributed by atoms with Crippen LogP contribution in [0.25, 0.3) is 0 Å². The van der Waals surface area contributed by atoms with E-state index in [0.29, 0.717) is 24.7 Å². The Morgan fingerprint density at radius 3 is 2.33 bits per heavy atom. The topological polar surface area (TPSA) is 66.5 Å². The van der Waals surface area contributed by atoms with Crippen molar-refractivity contribution >= 4 is 33.0 Å². The van der Waals surface area contributed by atoms with Crippen molar-refractivity contribution in [1.82, 2.24) is 4.90 Å². The van der Waals surface area contributed by atoms with Crippen LogP contribution in [0, 0.1) is 6.92 Å². The zero-order valence-electron chi connectivity index (χ0n) is 16.7. The van der Waals surface area contributed by atoms with E-state index in [1.165, 1.54) is 23.0 Å². The molecule has 4 rings (SSSR count). The molecule has 0 bridgehead atoms. The number of thiophene rings is 1. The first-order valence-corrected chi connectivity index (χ1v) is 12.3. The maximum atomic E-state index is 13.1. The van der Waals surface area contributed by atoms with Crippen LogP contribution in [0.2, 0.25) is 0 Å². The predicted octanol–water partition coefficient (Wildman–Crippen LogP) is 4.88. The molecule has 2 aromatic carbocycles. The quantitative estimate of drug-likeness (QED) is 0.615. The van der Waals surface area contributed by atoms with Crippen molar-refractivity contribution in [1.29, 1.82) is 0 Å². The Kier molecular flexibility index (Phi) is 5.92. The van der Waals surface area contributed by atoms with Gasteiger partial charge in [0.05, 0.1) is 0 Å². The molecule has 1 saturated heterocycles. The molecule has 156 valence electrons. The number of carbonyl (C=O) groups is 1. The number of hydrogen-bond acceptors (Lipinski definition) is 4. The lowest BCUT2D eigenvalue weighted by atomic mass is 9.89. The highest BCUT2D eigenvalue weighted by molar-refractivity contribution is 7.93. The van der Waals surface area contributed by atoms with Gasteiger partial charge in [0.1, 0.15) is 9.77 Å². The van der Waals surface area contributed by atoms with Gasteiger partial charge >= 0.3 is 0 Å². The van der Waals surface area contributed by atoms with Crippen LogP contribution in [0.1, 0.15) is 39.6 Å². The van der Waals surface area contributed by atoms with Gasteiger partial charge in [0.2, 0.25) is 0 Å². The van der Waals surface area contributed by atoms with E-state index in [0.717, 1.165) is 18.4 Å². The van der Waals surface area contributed by atoms with Crippen LogP contribution in [0.4, 0.5) is 5.69 Å². The zero-order valence-corrected chi connectivity index (χ0v) is 18.4. The largest absolute Gasteiger partial charge is 0.338 e. The van der Waals surface area contributed by atoms with Crippen molar-refractivity contribution in [2.45, 2.75) is 30.6 Å². The lowest BCUT2D eigenvalue weighted by Gasteiger charge is -2.32. The van der Waals surface area contributed by atoms with E-state index in [-0.39, 0.29) is 15.7 Å². The Labute approximate surface area is 181 Å². The lowest BCUT2D eigenvalue weighted by molar-refractivity contribution is 0.0714. The second-order valence-corrected chi connectivity index (χ2v) is 10.1. The van der Waals surface area contributed by atoms with E-state index in [2.05, 4.69) is 16.9 Å². The van der Waals surface area contributed by atoms with Crippen molar-refractivity contribution in [2.24, 2.45) is 0 Å². The minimum atomic E-state index is -3.84. The number of likely N-dealkylation sites (tertiary alicyclic amines) is 1. The number of piperidine rings is 1. The Morgan fingerprint density at radius 1 is 1.00 bits per heavy atom. The third kappa shape index (κ3) is 4.42. The summed E-state index contributed by atoms with van der Waals surface area (Å²) in [5.74, 6) is 0.228. The van der Waals surface area contributed by atoms with E-state index < -0.39 is 10.0 Å². The highest BCUT2D eigenvalue weighted by atomic mass is 32.2. The van der Waals surface area contributed by atoms with Crippen LogP contribution >= 0.6 is 11.3 Å². The number of hydrogen-bond donors (Lipinski definition) is 1. The highest BCUT2D eigenvalue weighted by Gasteiger charge is 2.30. The monoisotopic (exact) mass is 440 g/mol. The SMILES string of the molecule is Cc1ccc(NS(=O)(=O)c2ccsc2C(=O)N2CCC(c3ccccc3)CC2)cc1. The molecule has 1 aliphatic rings. The maximum Gasteiger partial charge on any atom is 0.265 e. The molecule has 0 spiro atoms. The van der Waals surface area contributed by atoms with Crippen molar-refractivity contribution in [3.63, 3.8) is 0 Å². The summed E-state index contributed by atoms with van der Waals surface area (Å²) >= 11 is 1.18. The van der Waals surface area contributed by atoms with Gasteiger partial charge in [-0.2, -0.15) is 0 Å². The number of aryl methyl sites for hydroxylation is 1. The van der Waals surface area contributed by atoms with Crippen LogP contribution in [0.3, 0.4) is 0 Å². The lowest BCUT2D eigenvalue weighted by Crippen LogP contribution is -2.38. The molecule has 3 aromatic rings. The molecule has 30 heavy (non-hydrogen) atoms. The van der Waals surface area contributed by atoms with Gasteiger partial charge in [-0.05, 0) is 54.8 Å². The molecular weight excluding hydrogens is 416 g/mol. The number of sulfonamides is 1. The van der Waals surface area contributed by atoms with E-state index in [1.807, 2.05) is 37.3 Å². The summed E-state index contributed by atoms with van der Waals surface area (Å²) in [4.78, 5) is 15.2. The summed E-state index contributed by atoms with van der Waals surface area (Å²) in [6, 6.07) is 19.0. The second kappa shape index (κ2) is 8.62. The number of amides is 1. The van der Waals surface area contributed by atoms with Crippen LogP contribution in [-0.2, 0) is 10.0 Å². The summed E-state index contributed by atoms with van der Waals surface area (Å²) < 4.78 is 28.4. The Bertz CT molecular complexity index is 1110. The molecule has 0 radical (unpaired) electrons. The van der Waals surface area contributed by atoms with E-state index in [1.54, 1.807) is 22.4 Å². The molecule has 1 N–H and O–H groups in total. The summed E-state index contributed by atoms with van der Waals surface area (Å²) in [5.41, 5.74) is 2.82. The first-order chi connectivity index (χ1) is 14.4. The van der Waals surface area contributed by atoms with E-state index in [4.69, 9.17) is 0 Å². The third-order valence-electron chi connectivity index (χ3n) is 5.47. The summed E-state index contributed by atoms with van der Waals surface area (Å²) in [5, 5.41) is 1.66. The van der Waals surface area contributed by atoms with Crippen LogP contribution in [-0.4, -0.2) is 32.3 Å². The number of benzene rings is 2. The number of rotatable bonds is 5. The average Bonchev–Trinajstić information content (AvgIpc) is 3.27. The summed E-state index contributed by atoms with van der Waals surface area (Å²) in [6.07, 6.45) is 1.76. The molecule has 5 nitrogen and oxygen atoms in total. The first kappa shape index (κ1) is 20.6. The van der Waals surface area contributed by atoms with Gasteiger partial charge in [0.15, 0.2) is 0 Å². The molecule has 1 aliphatic heterocycles. The van der Waals surface area contributed by atoms with Gasteiger partial charge in [-0.1, -0.05) is 48.0 Å². The Hall–Kier alpha value is -2.64. The molecule has 0 unspecified atom stereocenters. The van der Waals surface area contributed by atoms with Crippen LogP contribution < -0.4 is 4.72 Å². The Morgan fingerprint density at radius 2 is 1.67 bits per heavy atom. The summed E-state index contributed by atoms with van der Waals surface area (Å²) in [6.45, 7) is 3.19.